The Kier molecular flexibility index (Phi) is 5.38. The number of carbonyl (C=O) groups is 2. The van der Waals surface area contributed by atoms with Gasteiger partial charge in [0, 0.05) is 17.1 Å². The summed E-state index contributed by atoms with van der Waals surface area (Å²) in [5.41, 5.74) is 7.13. The first-order chi connectivity index (χ1) is 12.6. The fourth-order valence-corrected chi connectivity index (χ4v) is 2.52. The molecule has 2 aromatic carbocycles. The van der Waals surface area contributed by atoms with Crippen LogP contribution in [0.1, 0.15) is 15.9 Å². The summed E-state index contributed by atoms with van der Waals surface area (Å²) in [6.07, 6.45) is 1.61. The highest BCUT2D eigenvalue weighted by atomic mass is 16.5. The van der Waals surface area contributed by atoms with Gasteiger partial charge in [-0.15, -0.1) is 0 Å². The van der Waals surface area contributed by atoms with Crippen LogP contribution in [0.3, 0.4) is 0 Å². The normalized spacial score (nSPS) is 10.3. The summed E-state index contributed by atoms with van der Waals surface area (Å²) >= 11 is 0. The van der Waals surface area contributed by atoms with Gasteiger partial charge in [0.2, 0.25) is 0 Å². The lowest BCUT2D eigenvalue weighted by atomic mass is 10.2. The second-order valence-corrected chi connectivity index (χ2v) is 5.75. The summed E-state index contributed by atoms with van der Waals surface area (Å²) in [4.78, 5) is 26.9. The number of H-pyrrole nitrogens is 1. The largest absolute Gasteiger partial charge is 0.492 e. The molecule has 0 aliphatic carbocycles. The smallest absolute Gasteiger partial charge is 0.333 e. The number of urea groups is 1. The van der Waals surface area contributed by atoms with Gasteiger partial charge in [0.05, 0.1) is 12.1 Å². The minimum absolute atomic E-state index is 0.308. The van der Waals surface area contributed by atoms with E-state index in [0.29, 0.717) is 18.7 Å². The third-order valence-corrected chi connectivity index (χ3v) is 3.77. The van der Waals surface area contributed by atoms with E-state index in [0.717, 1.165) is 22.2 Å². The van der Waals surface area contributed by atoms with Crippen LogP contribution in [0.25, 0.3) is 10.9 Å². The lowest BCUT2D eigenvalue weighted by molar-refractivity contribution is 0.0938. The molecule has 3 aromatic rings. The molecule has 0 unspecified atom stereocenters. The van der Waals surface area contributed by atoms with Crippen molar-refractivity contribution in [2.45, 2.75) is 6.92 Å². The van der Waals surface area contributed by atoms with Crippen LogP contribution >= 0.6 is 0 Å². The Morgan fingerprint density at radius 2 is 1.92 bits per heavy atom. The average Bonchev–Trinajstić information content (AvgIpc) is 3.07. The van der Waals surface area contributed by atoms with Crippen molar-refractivity contribution in [3.8, 4) is 5.75 Å². The summed E-state index contributed by atoms with van der Waals surface area (Å²) in [6, 6.07) is 14.6. The van der Waals surface area contributed by atoms with Gasteiger partial charge >= 0.3 is 6.03 Å². The molecule has 0 saturated carbocycles. The molecule has 4 N–H and O–H groups in total. The Hall–Kier alpha value is -3.48. The molecule has 0 saturated heterocycles. The number of para-hydroxylation sites is 1. The quantitative estimate of drug-likeness (QED) is 0.420. The molecule has 3 rings (SSSR count). The highest BCUT2D eigenvalue weighted by molar-refractivity contribution is 6.06. The number of hydrazine groups is 1. The van der Waals surface area contributed by atoms with Crippen LogP contribution in [0.15, 0.2) is 54.7 Å². The van der Waals surface area contributed by atoms with Crippen molar-refractivity contribution in [2.24, 2.45) is 0 Å². The van der Waals surface area contributed by atoms with Gasteiger partial charge in [0.15, 0.2) is 0 Å². The van der Waals surface area contributed by atoms with Crippen LogP contribution in [0, 0.1) is 6.92 Å². The van der Waals surface area contributed by atoms with Gasteiger partial charge in [-0.25, -0.2) is 10.2 Å². The Morgan fingerprint density at radius 1 is 1.08 bits per heavy atom. The maximum absolute atomic E-state index is 12.2. The van der Waals surface area contributed by atoms with E-state index < -0.39 is 11.9 Å². The predicted molar refractivity (Wildman–Crippen MR) is 99.0 cm³/mol. The Labute approximate surface area is 150 Å². The van der Waals surface area contributed by atoms with Crippen LogP contribution in [-0.4, -0.2) is 30.1 Å². The summed E-state index contributed by atoms with van der Waals surface area (Å²) < 4.78 is 5.54. The molecule has 0 atom stereocenters. The highest BCUT2D eigenvalue weighted by Crippen LogP contribution is 2.17. The number of benzene rings is 2. The van der Waals surface area contributed by atoms with Crippen LogP contribution < -0.4 is 20.9 Å². The zero-order valence-electron chi connectivity index (χ0n) is 14.3. The molecule has 0 aliphatic heterocycles. The van der Waals surface area contributed by atoms with E-state index in [1.165, 1.54) is 0 Å². The Balaban J connectivity index is 1.40. The van der Waals surface area contributed by atoms with Gasteiger partial charge in [-0.2, -0.15) is 0 Å². The zero-order chi connectivity index (χ0) is 18.4. The second-order valence-electron chi connectivity index (χ2n) is 5.75. The molecule has 0 bridgehead atoms. The number of nitrogens with one attached hydrogen (secondary N) is 4. The van der Waals surface area contributed by atoms with Crippen molar-refractivity contribution in [3.05, 3.63) is 65.9 Å². The van der Waals surface area contributed by atoms with E-state index in [2.05, 4.69) is 21.2 Å². The number of ether oxygens (including phenoxy) is 1. The number of hydrogen-bond donors (Lipinski definition) is 4. The van der Waals surface area contributed by atoms with Crippen LogP contribution in [-0.2, 0) is 0 Å². The van der Waals surface area contributed by atoms with Crippen molar-refractivity contribution >= 4 is 22.8 Å². The first-order valence-electron chi connectivity index (χ1n) is 8.23. The zero-order valence-corrected chi connectivity index (χ0v) is 14.3. The molecule has 0 radical (unpaired) electrons. The van der Waals surface area contributed by atoms with E-state index >= 15 is 0 Å². The van der Waals surface area contributed by atoms with E-state index in [-0.39, 0.29) is 0 Å². The first-order valence-corrected chi connectivity index (χ1v) is 8.23. The predicted octanol–water partition coefficient (Wildman–Crippen LogP) is 2.50. The minimum Gasteiger partial charge on any atom is -0.492 e. The summed E-state index contributed by atoms with van der Waals surface area (Å²) in [7, 11) is 0. The number of rotatable bonds is 5. The summed E-state index contributed by atoms with van der Waals surface area (Å²) in [6.45, 7) is 2.62. The number of carbonyl (C=O) groups excluding carboxylic acids is 2. The van der Waals surface area contributed by atoms with Crippen molar-refractivity contribution in [3.63, 3.8) is 0 Å². The lowest BCUT2D eigenvalue weighted by Gasteiger charge is -2.10. The topological polar surface area (TPSA) is 95.2 Å². The van der Waals surface area contributed by atoms with Crippen molar-refractivity contribution < 1.29 is 14.3 Å². The van der Waals surface area contributed by atoms with Crippen LogP contribution in [0.2, 0.25) is 0 Å². The Bertz CT molecular complexity index is 920. The fourth-order valence-electron chi connectivity index (χ4n) is 2.52. The molecule has 134 valence electrons. The molecule has 0 fully saturated rings. The minimum atomic E-state index is -0.508. The van der Waals surface area contributed by atoms with E-state index in [1.54, 1.807) is 6.20 Å². The van der Waals surface area contributed by atoms with Crippen molar-refractivity contribution in [1.82, 2.24) is 21.2 Å². The second kappa shape index (κ2) is 8.06. The first kappa shape index (κ1) is 17.3. The van der Waals surface area contributed by atoms with Crippen molar-refractivity contribution in [1.29, 1.82) is 0 Å². The maximum Gasteiger partial charge on any atom is 0.333 e. The van der Waals surface area contributed by atoms with Crippen LogP contribution in [0.4, 0.5) is 4.79 Å². The summed E-state index contributed by atoms with van der Waals surface area (Å²) in [5, 5.41) is 3.40. The molecular formula is C19H20N4O3. The molecular weight excluding hydrogens is 332 g/mol. The Morgan fingerprint density at radius 3 is 2.77 bits per heavy atom. The number of hydrogen-bond acceptors (Lipinski definition) is 3. The van der Waals surface area contributed by atoms with Gasteiger partial charge in [0.1, 0.15) is 12.4 Å². The van der Waals surface area contributed by atoms with Crippen molar-refractivity contribution in [2.75, 3.05) is 13.2 Å². The van der Waals surface area contributed by atoms with Crippen LogP contribution in [0.5, 0.6) is 5.75 Å². The third kappa shape index (κ3) is 4.32. The van der Waals surface area contributed by atoms with E-state index in [9.17, 15) is 9.59 Å². The number of amides is 3. The molecule has 7 heteroatoms. The standard InChI is InChI=1S/C19H20N4O3/c1-13-5-4-6-14(11-13)26-10-9-20-19(25)23-22-18(24)16-12-21-17-8-3-2-7-15(16)17/h2-8,11-12,21H,9-10H2,1H3,(H,22,24)(H2,20,23,25). The average molecular weight is 352 g/mol. The monoisotopic (exact) mass is 352 g/mol. The van der Waals surface area contributed by atoms with E-state index in [1.807, 2.05) is 55.5 Å². The van der Waals surface area contributed by atoms with Gasteiger partial charge < -0.3 is 15.0 Å². The molecule has 1 heterocycles. The molecule has 26 heavy (non-hydrogen) atoms. The number of fused-ring (bicyclic) bond motifs is 1. The lowest BCUT2D eigenvalue weighted by Crippen LogP contribution is -2.47. The number of aromatic amines is 1. The maximum atomic E-state index is 12.2. The summed E-state index contributed by atoms with van der Waals surface area (Å²) in [5.74, 6) is 0.355. The van der Waals surface area contributed by atoms with Gasteiger partial charge in [-0.05, 0) is 30.7 Å². The van der Waals surface area contributed by atoms with Gasteiger partial charge in [-0.1, -0.05) is 30.3 Å². The van der Waals surface area contributed by atoms with Gasteiger partial charge in [0.25, 0.3) is 5.91 Å². The fraction of sp³-hybridized carbons (Fsp3) is 0.158. The molecule has 7 nitrogen and oxygen atoms in total. The molecule has 3 amide bonds. The molecule has 0 aliphatic rings. The SMILES string of the molecule is Cc1cccc(OCCNC(=O)NNC(=O)c2c[nH]c3ccccc23)c1. The number of aromatic nitrogens is 1. The third-order valence-electron chi connectivity index (χ3n) is 3.77. The molecule has 0 spiro atoms. The highest BCUT2D eigenvalue weighted by Gasteiger charge is 2.12. The van der Waals surface area contributed by atoms with Gasteiger partial charge in [-0.3, -0.25) is 10.2 Å². The number of aryl methyl sites for hydroxylation is 1. The molecule has 1 aromatic heterocycles. The van der Waals surface area contributed by atoms with E-state index in [4.69, 9.17) is 4.74 Å².